The lowest BCUT2D eigenvalue weighted by Crippen LogP contribution is -2.26. The number of hydrogen-bond acceptors (Lipinski definition) is 3. The molecule has 0 unspecified atom stereocenters. The van der Waals surface area contributed by atoms with Crippen molar-refractivity contribution < 1.29 is 4.79 Å². The van der Waals surface area contributed by atoms with E-state index in [1.54, 1.807) is 0 Å². The van der Waals surface area contributed by atoms with E-state index in [1.807, 2.05) is 12.3 Å². The van der Waals surface area contributed by atoms with Gasteiger partial charge in [0.05, 0.1) is 0 Å². The van der Waals surface area contributed by atoms with Crippen molar-refractivity contribution in [2.24, 2.45) is 0 Å². The Morgan fingerprint density at radius 1 is 1.29 bits per heavy atom. The standard InChI is InChI=1S/C13H21N3O/c1-10(17)14-7-8-15-12-6-5-11(9-16-12)13(2,3)4/h5-6,9H,7-8H2,1-4H3,(H,14,17)(H,15,16). The molecule has 1 rings (SSSR count). The molecule has 0 atom stereocenters. The molecule has 0 fully saturated rings. The molecule has 1 amide bonds. The van der Waals surface area contributed by atoms with E-state index in [0.29, 0.717) is 13.1 Å². The zero-order chi connectivity index (χ0) is 12.9. The predicted molar refractivity (Wildman–Crippen MR) is 70.1 cm³/mol. The van der Waals surface area contributed by atoms with Crippen LogP contribution in [0, 0.1) is 0 Å². The third-order valence-corrected chi connectivity index (χ3v) is 2.43. The first-order valence-electron chi connectivity index (χ1n) is 5.84. The van der Waals surface area contributed by atoms with Crippen LogP contribution >= 0.6 is 0 Å². The Morgan fingerprint density at radius 3 is 2.47 bits per heavy atom. The fraction of sp³-hybridized carbons (Fsp3) is 0.538. The van der Waals surface area contributed by atoms with Gasteiger partial charge in [-0.1, -0.05) is 26.8 Å². The Morgan fingerprint density at radius 2 is 2.00 bits per heavy atom. The molecule has 0 aliphatic heterocycles. The molecule has 94 valence electrons. The third kappa shape index (κ3) is 4.85. The second kappa shape index (κ2) is 5.66. The van der Waals surface area contributed by atoms with Gasteiger partial charge in [-0.25, -0.2) is 4.98 Å². The van der Waals surface area contributed by atoms with Gasteiger partial charge in [0.15, 0.2) is 0 Å². The van der Waals surface area contributed by atoms with Gasteiger partial charge in [0.2, 0.25) is 5.91 Å². The summed E-state index contributed by atoms with van der Waals surface area (Å²) in [5.41, 5.74) is 1.34. The number of anilines is 1. The van der Waals surface area contributed by atoms with Crippen molar-refractivity contribution >= 4 is 11.7 Å². The molecule has 0 saturated carbocycles. The van der Waals surface area contributed by atoms with Gasteiger partial charge in [0.25, 0.3) is 0 Å². The highest BCUT2D eigenvalue weighted by Gasteiger charge is 2.13. The maximum absolute atomic E-state index is 10.7. The molecule has 2 N–H and O–H groups in total. The molecule has 0 aliphatic carbocycles. The molecule has 17 heavy (non-hydrogen) atoms. The SMILES string of the molecule is CC(=O)NCCNc1ccc(C(C)(C)C)cn1. The van der Waals surface area contributed by atoms with Crippen LogP contribution in [0.3, 0.4) is 0 Å². The van der Waals surface area contributed by atoms with E-state index in [1.165, 1.54) is 12.5 Å². The van der Waals surface area contributed by atoms with Crippen molar-refractivity contribution in [3.05, 3.63) is 23.9 Å². The van der Waals surface area contributed by atoms with Gasteiger partial charge in [-0.05, 0) is 17.0 Å². The van der Waals surface area contributed by atoms with Crippen LogP contribution in [0.1, 0.15) is 33.3 Å². The van der Waals surface area contributed by atoms with Crippen molar-refractivity contribution in [2.75, 3.05) is 18.4 Å². The van der Waals surface area contributed by atoms with Gasteiger partial charge in [-0.2, -0.15) is 0 Å². The Labute approximate surface area is 103 Å². The van der Waals surface area contributed by atoms with E-state index in [9.17, 15) is 4.79 Å². The number of aromatic nitrogens is 1. The number of carbonyl (C=O) groups excluding carboxylic acids is 1. The first-order valence-corrected chi connectivity index (χ1v) is 5.84. The summed E-state index contributed by atoms with van der Waals surface area (Å²) in [6.45, 7) is 9.28. The average Bonchev–Trinajstić information content (AvgIpc) is 2.23. The number of pyridine rings is 1. The van der Waals surface area contributed by atoms with Gasteiger partial charge < -0.3 is 10.6 Å². The fourth-order valence-corrected chi connectivity index (χ4v) is 1.37. The largest absolute Gasteiger partial charge is 0.368 e. The minimum absolute atomic E-state index is 0.0113. The van der Waals surface area contributed by atoms with Crippen LogP contribution in [-0.4, -0.2) is 24.0 Å². The molecule has 0 spiro atoms. The zero-order valence-electron chi connectivity index (χ0n) is 11.0. The predicted octanol–water partition coefficient (Wildman–Crippen LogP) is 1.93. The molecule has 1 aromatic rings. The summed E-state index contributed by atoms with van der Waals surface area (Å²) in [6, 6.07) is 4.04. The lowest BCUT2D eigenvalue weighted by molar-refractivity contribution is -0.118. The van der Waals surface area contributed by atoms with E-state index in [0.717, 1.165) is 5.82 Å². The van der Waals surface area contributed by atoms with E-state index >= 15 is 0 Å². The van der Waals surface area contributed by atoms with E-state index in [-0.39, 0.29) is 11.3 Å². The summed E-state index contributed by atoms with van der Waals surface area (Å²) in [5, 5.41) is 5.88. The highest BCUT2D eigenvalue weighted by atomic mass is 16.1. The van der Waals surface area contributed by atoms with Crippen LogP contribution in [0.5, 0.6) is 0 Å². The molecular formula is C13H21N3O. The molecule has 0 aromatic carbocycles. The third-order valence-electron chi connectivity index (χ3n) is 2.43. The summed E-state index contributed by atoms with van der Waals surface area (Å²) in [4.78, 5) is 15.0. The maximum Gasteiger partial charge on any atom is 0.216 e. The number of hydrogen-bond donors (Lipinski definition) is 2. The maximum atomic E-state index is 10.7. The van der Waals surface area contributed by atoms with Crippen LogP contribution in [0.2, 0.25) is 0 Å². The molecule has 4 nitrogen and oxygen atoms in total. The number of rotatable bonds is 4. The van der Waals surface area contributed by atoms with Crippen molar-refractivity contribution in [1.82, 2.24) is 10.3 Å². The number of carbonyl (C=O) groups is 1. The Kier molecular flexibility index (Phi) is 4.49. The smallest absolute Gasteiger partial charge is 0.216 e. The molecule has 0 bridgehead atoms. The van der Waals surface area contributed by atoms with Crippen LogP contribution in [0.15, 0.2) is 18.3 Å². The van der Waals surface area contributed by atoms with Gasteiger partial charge in [-0.15, -0.1) is 0 Å². The van der Waals surface area contributed by atoms with Crippen LogP contribution in [-0.2, 0) is 10.2 Å². The first-order chi connectivity index (χ1) is 7.89. The molecule has 4 heteroatoms. The Balaban J connectivity index is 2.43. The lowest BCUT2D eigenvalue weighted by Gasteiger charge is -2.18. The summed E-state index contributed by atoms with van der Waals surface area (Å²) in [6.07, 6.45) is 1.89. The first kappa shape index (κ1) is 13.5. The number of nitrogens with zero attached hydrogens (tertiary/aromatic N) is 1. The normalized spacial score (nSPS) is 11.1. The monoisotopic (exact) mass is 235 g/mol. The zero-order valence-corrected chi connectivity index (χ0v) is 11.0. The minimum Gasteiger partial charge on any atom is -0.368 e. The number of amides is 1. The van der Waals surface area contributed by atoms with Gasteiger partial charge in [-0.3, -0.25) is 4.79 Å². The molecular weight excluding hydrogens is 214 g/mol. The molecule has 0 radical (unpaired) electrons. The molecule has 0 saturated heterocycles. The minimum atomic E-state index is -0.0113. The van der Waals surface area contributed by atoms with Crippen molar-refractivity contribution in [1.29, 1.82) is 0 Å². The second-order valence-electron chi connectivity index (χ2n) is 5.09. The van der Waals surface area contributed by atoms with Crippen LogP contribution in [0.4, 0.5) is 5.82 Å². The Hall–Kier alpha value is -1.58. The molecule has 1 aromatic heterocycles. The number of nitrogens with one attached hydrogen (secondary N) is 2. The quantitative estimate of drug-likeness (QED) is 0.784. The highest BCUT2D eigenvalue weighted by Crippen LogP contribution is 2.21. The van der Waals surface area contributed by atoms with E-state index < -0.39 is 0 Å². The van der Waals surface area contributed by atoms with Gasteiger partial charge in [0, 0.05) is 26.2 Å². The average molecular weight is 235 g/mol. The topological polar surface area (TPSA) is 54.0 Å². The van der Waals surface area contributed by atoms with Crippen molar-refractivity contribution in [3.63, 3.8) is 0 Å². The molecule has 0 aliphatic rings. The van der Waals surface area contributed by atoms with Gasteiger partial charge in [0.1, 0.15) is 5.82 Å². The van der Waals surface area contributed by atoms with Gasteiger partial charge >= 0.3 is 0 Å². The van der Waals surface area contributed by atoms with E-state index in [4.69, 9.17) is 0 Å². The van der Waals surface area contributed by atoms with E-state index in [2.05, 4.69) is 42.5 Å². The summed E-state index contributed by atoms with van der Waals surface area (Å²) >= 11 is 0. The Bertz CT molecular complexity index is 365. The summed E-state index contributed by atoms with van der Waals surface area (Å²) < 4.78 is 0. The highest BCUT2D eigenvalue weighted by molar-refractivity contribution is 5.72. The van der Waals surface area contributed by atoms with Crippen molar-refractivity contribution in [2.45, 2.75) is 33.1 Å². The van der Waals surface area contributed by atoms with Crippen molar-refractivity contribution in [3.8, 4) is 0 Å². The summed E-state index contributed by atoms with van der Waals surface area (Å²) in [5.74, 6) is 0.825. The van der Waals surface area contributed by atoms with Crippen LogP contribution < -0.4 is 10.6 Å². The van der Waals surface area contributed by atoms with Crippen LogP contribution in [0.25, 0.3) is 0 Å². The lowest BCUT2D eigenvalue weighted by atomic mass is 9.88. The fourth-order valence-electron chi connectivity index (χ4n) is 1.37. The molecule has 1 heterocycles. The summed E-state index contributed by atoms with van der Waals surface area (Å²) in [7, 11) is 0. The second-order valence-corrected chi connectivity index (χ2v) is 5.09.